The van der Waals surface area contributed by atoms with Crippen LogP contribution in [0.1, 0.15) is 27.6 Å². The Labute approximate surface area is 137 Å². The van der Waals surface area contributed by atoms with Crippen molar-refractivity contribution in [2.75, 3.05) is 5.32 Å². The van der Waals surface area contributed by atoms with Gasteiger partial charge in [0.25, 0.3) is 5.91 Å². The molecule has 1 heterocycles. The number of aromatic nitrogens is 1. The fourth-order valence-electron chi connectivity index (χ4n) is 1.79. The number of primary amides is 1. The van der Waals surface area contributed by atoms with Crippen LogP contribution >= 0.6 is 0 Å². The van der Waals surface area contributed by atoms with Crippen molar-refractivity contribution in [3.05, 3.63) is 65.1 Å². The highest BCUT2D eigenvalue weighted by Crippen LogP contribution is 2.11. The smallest absolute Gasteiger partial charge is 0.339 e. The van der Waals surface area contributed by atoms with Gasteiger partial charge in [-0.15, -0.1) is 0 Å². The highest BCUT2D eigenvalue weighted by atomic mass is 16.5. The SMILES string of the molecule is C[C@@H](OC(=O)c1cc[n+]([O-])cc1)C(=O)Nc1ccc(C(N)=O)cc1. The Balaban J connectivity index is 1.95. The number of carbonyl (C=O) groups is 3. The molecule has 24 heavy (non-hydrogen) atoms. The molecule has 0 saturated heterocycles. The van der Waals surface area contributed by atoms with Gasteiger partial charge in [0.05, 0.1) is 5.56 Å². The van der Waals surface area contributed by atoms with Crippen molar-refractivity contribution in [3.8, 4) is 0 Å². The molecule has 0 aliphatic heterocycles. The predicted molar refractivity (Wildman–Crippen MR) is 83.9 cm³/mol. The maximum atomic E-state index is 12.0. The fourth-order valence-corrected chi connectivity index (χ4v) is 1.79. The molecule has 1 aromatic heterocycles. The van der Waals surface area contributed by atoms with E-state index >= 15 is 0 Å². The zero-order valence-electron chi connectivity index (χ0n) is 12.8. The number of nitrogens with two attached hydrogens (primary N) is 1. The van der Waals surface area contributed by atoms with Crippen LogP contribution in [0.5, 0.6) is 0 Å². The van der Waals surface area contributed by atoms with Crippen LogP contribution in [0.25, 0.3) is 0 Å². The lowest BCUT2D eigenvalue weighted by Gasteiger charge is -2.13. The number of pyridine rings is 1. The predicted octanol–water partition coefficient (Wildman–Crippen LogP) is 0.603. The average Bonchev–Trinajstić information content (AvgIpc) is 2.55. The van der Waals surface area contributed by atoms with Gasteiger partial charge in [0.2, 0.25) is 5.91 Å². The summed E-state index contributed by atoms with van der Waals surface area (Å²) in [5.41, 5.74) is 6.03. The lowest BCUT2D eigenvalue weighted by molar-refractivity contribution is -0.605. The Kier molecular flexibility index (Phi) is 5.10. The van der Waals surface area contributed by atoms with E-state index in [1.54, 1.807) is 0 Å². The molecular formula is C16H15N3O5. The first-order chi connectivity index (χ1) is 11.4. The summed E-state index contributed by atoms with van der Waals surface area (Å²) >= 11 is 0. The number of hydrogen-bond acceptors (Lipinski definition) is 5. The molecule has 0 saturated carbocycles. The quantitative estimate of drug-likeness (QED) is 0.472. The first-order valence-electron chi connectivity index (χ1n) is 6.97. The van der Waals surface area contributed by atoms with Crippen LogP contribution in [0.2, 0.25) is 0 Å². The van der Waals surface area contributed by atoms with Gasteiger partial charge in [-0.2, -0.15) is 4.73 Å². The van der Waals surface area contributed by atoms with E-state index in [0.29, 0.717) is 16.0 Å². The molecule has 0 spiro atoms. The molecule has 2 amide bonds. The fraction of sp³-hybridized carbons (Fsp3) is 0.125. The minimum atomic E-state index is -1.05. The van der Waals surface area contributed by atoms with Gasteiger partial charge in [-0.1, -0.05) is 0 Å². The maximum Gasteiger partial charge on any atom is 0.339 e. The number of rotatable bonds is 5. The maximum absolute atomic E-state index is 12.0. The van der Waals surface area contributed by atoms with Crippen LogP contribution in [-0.4, -0.2) is 23.9 Å². The highest BCUT2D eigenvalue weighted by molar-refractivity contribution is 5.98. The summed E-state index contributed by atoms with van der Waals surface area (Å²) in [6.45, 7) is 1.42. The summed E-state index contributed by atoms with van der Waals surface area (Å²) in [6.07, 6.45) is 1.26. The van der Waals surface area contributed by atoms with E-state index < -0.39 is 23.9 Å². The zero-order valence-corrected chi connectivity index (χ0v) is 12.8. The Morgan fingerprint density at radius 2 is 1.67 bits per heavy atom. The van der Waals surface area contributed by atoms with E-state index in [4.69, 9.17) is 10.5 Å². The van der Waals surface area contributed by atoms with Crippen molar-refractivity contribution in [3.63, 3.8) is 0 Å². The number of esters is 1. The average molecular weight is 329 g/mol. The third-order valence-electron chi connectivity index (χ3n) is 3.13. The van der Waals surface area contributed by atoms with Gasteiger partial charge in [-0.05, 0) is 31.2 Å². The zero-order chi connectivity index (χ0) is 17.7. The molecule has 1 aromatic carbocycles. The van der Waals surface area contributed by atoms with Crippen molar-refractivity contribution < 1.29 is 23.9 Å². The lowest BCUT2D eigenvalue weighted by atomic mass is 10.2. The number of amides is 2. The van der Waals surface area contributed by atoms with Crippen molar-refractivity contribution in [2.45, 2.75) is 13.0 Å². The molecule has 0 fully saturated rings. The van der Waals surface area contributed by atoms with Gasteiger partial charge in [0.15, 0.2) is 18.5 Å². The van der Waals surface area contributed by atoms with Gasteiger partial charge in [0, 0.05) is 23.4 Å². The van der Waals surface area contributed by atoms with Gasteiger partial charge in [0.1, 0.15) is 0 Å². The molecule has 1 atom stereocenters. The van der Waals surface area contributed by atoms with Crippen LogP contribution in [0.4, 0.5) is 5.69 Å². The number of benzene rings is 1. The Morgan fingerprint density at radius 3 is 2.21 bits per heavy atom. The molecule has 0 unspecified atom stereocenters. The van der Waals surface area contributed by atoms with Gasteiger partial charge >= 0.3 is 5.97 Å². The van der Waals surface area contributed by atoms with Crippen LogP contribution in [-0.2, 0) is 9.53 Å². The molecular weight excluding hydrogens is 314 g/mol. The Hall–Kier alpha value is -3.42. The van der Waals surface area contributed by atoms with Gasteiger partial charge in [-0.25, -0.2) is 4.79 Å². The lowest BCUT2D eigenvalue weighted by Crippen LogP contribution is -2.30. The highest BCUT2D eigenvalue weighted by Gasteiger charge is 2.19. The summed E-state index contributed by atoms with van der Waals surface area (Å²) in [6, 6.07) is 8.55. The Bertz CT molecular complexity index is 756. The van der Waals surface area contributed by atoms with Crippen LogP contribution < -0.4 is 15.8 Å². The monoisotopic (exact) mass is 329 g/mol. The third-order valence-corrected chi connectivity index (χ3v) is 3.13. The minimum Gasteiger partial charge on any atom is -0.619 e. The van der Waals surface area contributed by atoms with E-state index in [-0.39, 0.29) is 5.56 Å². The summed E-state index contributed by atoms with van der Waals surface area (Å²) in [5, 5.41) is 13.5. The van der Waals surface area contributed by atoms with E-state index in [1.165, 1.54) is 43.3 Å². The molecule has 8 nitrogen and oxygen atoms in total. The second kappa shape index (κ2) is 7.23. The minimum absolute atomic E-state index is 0.160. The molecule has 124 valence electrons. The standard InChI is InChI=1S/C16H15N3O5/c1-10(24-16(22)12-6-8-19(23)9-7-12)15(21)18-13-4-2-11(3-5-13)14(17)20/h2-10H,1H3,(H2,17,20)(H,18,21)/t10-/m1/s1. The van der Waals surface area contributed by atoms with Crippen LogP contribution in [0.3, 0.4) is 0 Å². The molecule has 2 aromatic rings. The second-order valence-corrected chi connectivity index (χ2v) is 4.93. The van der Waals surface area contributed by atoms with E-state index in [2.05, 4.69) is 5.32 Å². The first kappa shape index (κ1) is 16.9. The Morgan fingerprint density at radius 1 is 1.08 bits per heavy atom. The van der Waals surface area contributed by atoms with Gasteiger partial charge < -0.3 is 21.0 Å². The molecule has 0 radical (unpaired) electrons. The van der Waals surface area contributed by atoms with Crippen LogP contribution in [0.15, 0.2) is 48.8 Å². The molecule has 3 N–H and O–H groups in total. The summed E-state index contributed by atoms with van der Waals surface area (Å²) in [4.78, 5) is 34.9. The third kappa shape index (κ3) is 4.29. The number of nitrogens with zero attached hydrogens (tertiary/aromatic N) is 1. The second-order valence-electron chi connectivity index (χ2n) is 4.93. The molecule has 8 heteroatoms. The van der Waals surface area contributed by atoms with Crippen molar-refractivity contribution in [2.24, 2.45) is 5.73 Å². The van der Waals surface area contributed by atoms with Crippen molar-refractivity contribution in [1.29, 1.82) is 0 Å². The largest absolute Gasteiger partial charge is 0.619 e. The van der Waals surface area contributed by atoms with Crippen molar-refractivity contribution >= 4 is 23.5 Å². The normalized spacial score (nSPS) is 11.4. The van der Waals surface area contributed by atoms with E-state index in [1.807, 2.05) is 0 Å². The van der Waals surface area contributed by atoms with Gasteiger partial charge in [-0.3, -0.25) is 9.59 Å². The topological polar surface area (TPSA) is 125 Å². The summed E-state index contributed by atoms with van der Waals surface area (Å²) < 4.78 is 5.57. The van der Waals surface area contributed by atoms with Crippen LogP contribution in [0, 0.1) is 5.21 Å². The number of carbonyl (C=O) groups excluding carboxylic acids is 3. The summed E-state index contributed by atoms with van der Waals surface area (Å²) in [5.74, 6) is -1.83. The first-order valence-corrected chi connectivity index (χ1v) is 6.97. The molecule has 0 aliphatic rings. The summed E-state index contributed by atoms with van der Waals surface area (Å²) in [7, 11) is 0. The molecule has 0 aliphatic carbocycles. The number of ether oxygens (including phenoxy) is 1. The van der Waals surface area contributed by atoms with E-state index in [9.17, 15) is 19.6 Å². The molecule has 0 bridgehead atoms. The van der Waals surface area contributed by atoms with E-state index in [0.717, 1.165) is 12.4 Å². The number of hydrogen-bond donors (Lipinski definition) is 2. The van der Waals surface area contributed by atoms with Crippen molar-refractivity contribution in [1.82, 2.24) is 0 Å². The number of anilines is 1. The molecule has 2 rings (SSSR count). The number of nitrogens with one attached hydrogen (secondary N) is 1.